The van der Waals surface area contributed by atoms with E-state index in [1.54, 1.807) is 0 Å². The SMILES string of the molecule is C[SiH](C)OC(CCON)C(C)(C)C. The van der Waals surface area contributed by atoms with Gasteiger partial charge in [-0.15, -0.1) is 0 Å². The van der Waals surface area contributed by atoms with Gasteiger partial charge in [0.2, 0.25) is 0 Å². The van der Waals surface area contributed by atoms with Crippen LogP contribution in [0.15, 0.2) is 0 Å². The Balaban J connectivity index is 4.03. The van der Waals surface area contributed by atoms with Crippen LogP contribution in [0, 0.1) is 5.41 Å². The molecule has 0 aliphatic heterocycles. The molecule has 0 aliphatic carbocycles. The van der Waals surface area contributed by atoms with Crippen molar-refractivity contribution in [2.45, 2.75) is 46.4 Å². The molecule has 0 aromatic heterocycles. The van der Waals surface area contributed by atoms with Crippen molar-refractivity contribution < 1.29 is 9.26 Å². The molecule has 0 heterocycles. The average molecular weight is 205 g/mol. The molecule has 0 spiro atoms. The molecular formula is C9H23NO2Si. The van der Waals surface area contributed by atoms with E-state index in [9.17, 15) is 0 Å². The first kappa shape index (κ1) is 13.1. The second-order valence-corrected chi connectivity index (χ2v) is 7.07. The molecular weight excluding hydrogens is 182 g/mol. The van der Waals surface area contributed by atoms with Gasteiger partial charge in [0.15, 0.2) is 9.04 Å². The van der Waals surface area contributed by atoms with Crippen molar-refractivity contribution in [1.82, 2.24) is 0 Å². The van der Waals surface area contributed by atoms with Crippen molar-refractivity contribution in [1.29, 1.82) is 0 Å². The van der Waals surface area contributed by atoms with E-state index in [4.69, 9.17) is 10.3 Å². The molecule has 0 bridgehead atoms. The zero-order chi connectivity index (χ0) is 10.5. The number of nitrogens with two attached hydrogens (primary N) is 1. The van der Waals surface area contributed by atoms with Crippen LogP contribution in [-0.2, 0) is 9.26 Å². The van der Waals surface area contributed by atoms with E-state index in [2.05, 4.69) is 38.7 Å². The van der Waals surface area contributed by atoms with Gasteiger partial charge in [0.25, 0.3) is 0 Å². The van der Waals surface area contributed by atoms with Crippen molar-refractivity contribution >= 4 is 9.04 Å². The Kier molecular flexibility index (Phi) is 5.79. The Hall–Kier alpha value is 0.0969. The van der Waals surface area contributed by atoms with Gasteiger partial charge in [0.1, 0.15) is 0 Å². The van der Waals surface area contributed by atoms with Crippen molar-refractivity contribution in [3.8, 4) is 0 Å². The van der Waals surface area contributed by atoms with E-state index >= 15 is 0 Å². The first-order chi connectivity index (χ1) is 5.88. The largest absolute Gasteiger partial charge is 0.417 e. The van der Waals surface area contributed by atoms with Gasteiger partial charge in [-0.1, -0.05) is 20.8 Å². The van der Waals surface area contributed by atoms with Gasteiger partial charge in [0.05, 0.1) is 12.7 Å². The summed E-state index contributed by atoms with van der Waals surface area (Å²) in [5, 5.41) is 0. The van der Waals surface area contributed by atoms with Crippen molar-refractivity contribution in [2.24, 2.45) is 11.3 Å². The highest BCUT2D eigenvalue weighted by molar-refractivity contribution is 6.48. The Labute approximate surface area is 83.3 Å². The predicted molar refractivity (Wildman–Crippen MR) is 58.0 cm³/mol. The fourth-order valence-electron chi connectivity index (χ4n) is 1.21. The second-order valence-electron chi connectivity index (χ2n) is 4.70. The Morgan fingerprint density at radius 1 is 1.31 bits per heavy atom. The third-order valence-corrected chi connectivity index (χ3v) is 2.77. The molecule has 0 saturated heterocycles. The van der Waals surface area contributed by atoms with Gasteiger partial charge in [-0.05, 0) is 24.9 Å². The highest BCUT2D eigenvalue weighted by Gasteiger charge is 2.25. The van der Waals surface area contributed by atoms with E-state index in [1.807, 2.05) is 0 Å². The monoisotopic (exact) mass is 205 g/mol. The second kappa shape index (κ2) is 5.75. The molecule has 1 atom stereocenters. The van der Waals surface area contributed by atoms with Gasteiger partial charge in [-0.3, -0.25) is 0 Å². The van der Waals surface area contributed by atoms with Gasteiger partial charge in [-0.2, -0.15) is 0 Å². The van der Waals surface area contributed by atoms with Crippen molar-refractivity contribution in [3.05, 3.63) is 0 Å². The lowest BCUT2D eigenvalue weighted by molar-refractivity contribution is 0.0384. The highest BCUT2D eigenvalue weighted by atomic mass is 28.3. The lowest BCUT2D eigenvalue weighted by Crippen LogP contribution is -2.34. The van der Waals surface area contributed by atoms with Crippen LogP contribution in [0.2, 0.25) is 13.1 Å². The van der Waals surface area contributed by atoms with E-state index < -0.39 is 9.04 Å². The molecule has 0 radical (unpaired) electrons. The molecule has 0 fully saturated rings. The molecule has 13 heavy (non-hydrogen) atoms. The van der Waals surface area contributed by atoms with E-state index in [-0.39, 0.29) is 11.5 Å². The maximum absolute atomic E-state index is 5.92. The summed E-state index contributed by atoms with van der Waals surface area (Å²) in [5.41, 5.74) is 0.176. The number of rotatable bonds is 5. The lowest BCUT2D eigenvalue weighted by atomic mass is 9.87. The minimum absolute atomic E-state index is 0.176. The first-order valence-electron chi connectivity index (χ1n) is 4.85. The number of hydrogen-bond acceptors (Lipinski definition) is 3. The fourth-order valence-corrected chi connectivity index (χ4v) is 2.41. The summed E-state index contributed by atoms with van der Waals surface area (Å²) in [6.45, 7) is 11.5. The summed E-state index contributed by atoms with van der Waals surface area (Å²) >= 11 is 0. The van der Waals surface area contributed by atoms with Crippen LogP contribution >= 0.6 is 0 Å². The van der Waals surface area contributed by atoms with Crippen LogP contribution in [0.3, 0.4) is 0 Å². The molecule has 1 unspecified atom stereocenters. The van der Waals surface area contributed by atoms with Crippen LogP contribution in [0.5, 0.6) is 0 Å². The summed E-state index contributed by atoms with van der Waals surface area (Å²) < 4.78 is 5.92. The van der Waals surface area contributed by atoms with E-state index in [0.717, 1.165) is 6.42 Å². The smallest absolute Gasteiger partial charge is 0.171 e. The fraction of sp³-hybridized carbons (Fsp3) is 1.00. The predicted octanol–water partition coefficient (Wildman–Crippen LogP) is 1.68. The van der Waals surface area contributed by atoms with Crippen LogP contribution in [0.4, 0.5) is 0 Å². The Morgan fingerprint density at radius 2 is 1.85 bits per heavy atom. The number of hydrogen-bond donors (Lipinski definition) is 1. The van der Waals surface area contributed by atoms with E-state index in [0.29, 0.717) is 6.61 Å². The summed E-state index contributed by atoms with van der Waals surface area (Å²) in [5.74, 6) is 5.01. The van der Waals surface area contributed by atoms with Crippen LogP contribution < -0.4 is 5.90 Å². The summed E-state index contributed by atoms with van der Waals surface area (Å²) in [6.07, 6.45) is 1.15. The Morgan fingerprint density at radius 3 is 2.15 bits per heavy atom. The molecule has 80 valence electrons. The van der Waals surface area contributed by atoms with Crippen LogP contribution in [0.25, 0.3) is 0 Å². The zero-order valence-corrected chi connectivity index (χ0v) is 10.6. The lowest BCUT2D eigenvalue weighted by Gasteiger charge is -2.32. The molecule has 0 aliphatic rings. The molecule has 0 amide bonds. The molecule has 4 heteroatoms. The van der Waals surface area contributed by atoms with Gasteiger partial charge in [-0.25, -0.2) is 5.90 Å². The summed E-state index contributed by atoms with van der Waals surface area (Å²) in [7, 11) is -0.967. The van der Waals surface area contributed by atoms with Crippen molar-refractivity contribution in [2.75, 3.05) is 6.61 Å². The quantitative estimate of drug-likeness (QED) is 0.548. The molecule has 3 nitrogen and oxygen atoms in total. The maximum atomic E-state index is 5.92. The minimum Gasteiger partial charge on any atom is -0.417 e. The Bertz CT molecular complexity index is 134. The van der Waals surface area contributed by atoms with E-state index in [1.165, 1.54) is 0 Å². The molecule has 2 N–H and O–H groups in total. The summed E-state index contributed by atoms with van der Waals surface area (Å²) in [6, 6.07) is 0. The standard InChI is InChI=1S/C9H23NO2Si/c1-9(2,3)8(6-7-11-10)12-13(4)5/h8,13H,6-7,10H2,1-5H3. The van der Waals surface area contributed by atoms with Crippen LogP contribution in [0.1, 0.15) is 27.2 Å². The highest BCUT2D eigenvalue weighted by Crippen LogP contribution is 2.25. The zero-order valence-electron chi connectivity index (χ0n) is 9.46. The molecule has 0 saturated carbocycles. The van der Waals surface area contributed by atoms with Crippen LogP contribution in [-0.4, -0.2) is 21.8 Å². The van der Waals surface area contributed by atoms with Gasteiger partial charge in [0, 0.05) is 0 Å². The first-order valence-corrected chi connectivity index (χ1v) is 7.63. The molecule has 0 rings (SSSR count). The normalized spacial score (nSPS) is 15.0. The topological polar surface area (TPSA) is 44.5 Å². The summed E-state index contributed by atoms with van der Waals surface area (Å²) in [4.78, 5) is 4.58. The van der Waals surface area contributed by atoms with Gasteiger partial charge >= 0.3 is 0 Å². The molecule has 0 aromatic rings. The minimum atomic E-state index is -0.967. The van der Waals surface area contributed by atoms with Gasteiger partial charge < -0.3 is 9.26 Å². The maximum Gasteiger partial charge on any atom is 0.171 e. The third-order valence-electron chi connectivity index (χ3n) is 1.90. The molecule has 0 aromatic carbocycles. The third kappa shape index (κ3) is 6.21. The van der Waals surface area contributed by atoms with Crippen molar-refractivity contribution in [3.63, 3.8) is 0 Å². The average Bonchev–Trinajstić information content (AvgIpc) is 1.95.